The fraction of sp³-hybridized carbons (Fsp3) is 0. The van der Waals surface area contributed by atoms with Crippen molar-refractivity contribution in [3.63, 3.8) is 0 Å². The molecular weight excluding hydrogens is 183 g/mol. The van der Waals surface area contributed by atoms with E-state index in [1.807, 2.05) is 0 Å². The van der Waals surface area contributed by atoms with E-state index in [1.165, 1.54) is 12.1 Å². The van der Waals surface area contributed by atoms with E-state index in [1.54, 1.807) is 6.07 Å². The predicted octanol–water partition coefficient (Wildman–Crippen LogP) is 1.46. The van der Waals surface area contributed by atoms with Crippen LogP contribution in [0.4, 0.5) is 4.39 Å². The number of allylic oxidation sites excluding steroid dienone is 1. The Kier molecular flexibility index (Phi) is 2.97. The van der Waals surface area contributed by atoms with Gasteiger partial charge in [0.15, 0.2) is 0 Å². The Morgan fingerprint density at radius 3 is 2.86 bits per heavy atom. The molecule has 0 heterocycles. The highest BCUT2D eigenvalue weighted by Gasteiger charge is 2.06. The number of nitriles is 1. The molecule has 0 atom stereocenters. The molecule has 0 aliphatic rings. The first kappa shape index (κ1) is 9.93. The van der Waals surface area contributed by atoms with Crippen molar-refractivity contribution in [2.24, 2.45) is 5.73 Å². The number of nitrogens with two attached hydrogens (primary N) is 1. The maximum Gasteiger partial charge on any atom is 0.249 e. The van der Waals surface area contributed by atoms with Gasteiger partial charge in [0.2, 0.25) is 5.91 Å². The van der Waals surface area contributed by atoms with Crippen molar-refractivity contribution in [2.45, 2.75) is 0 Å². The van der Waals surface area contributed by atoms with Gasteiger partial charge in [0.1, 0.15) is 5.82 Å². The van der Waals surface area contributed by atoms with Gasteiger partial charge >= 0.3 is 0 Å². The molecule has 0 aliphatic carbocycles. The van der Waals surface area contributed by atoms with Crippen molar-refractivity contribution in [2.75, 3.05) is 0 Å². The number of primary amides is 1. The zero-order valence-corrected chi connectivity index (χ0v) is 7.20. The molecule has 0 spiro atoms. The van der Waals surface area contributed by atoms with Crippen LogP contribution in [0.3, 0.4) is 0 Å². The number of hydrogen-bond acceptors (Lipinski definition) is 2. The summed E-state index contributed by atoms with van der Waals surface area (Å²) in [4.78, 5) is 10.9. The predicted molar refractivity (Wildman–Crippen MR) is 49.6 cm³/mol. The molecule has 0 fully saturated rings. The van der Waals surface area contributed by atoms with E-state index < -0.39 is 11.7 Å². The van der Waals surface area contributed by atoms with Gasteiger partial charge in [-0.15, -0.1) is 0 Å². The van der Waals surface area contributed by atoms with Gasteiger partial charge in [0.25, 0.3) is 0 Å². The molecule has 0 saturated carbocycles. The maximum absolute atomic E-state index is 12.8. The summed E-state index contributed by atoms with van der Waals surface area (Å²) in [5, 5.41) is 8.28. The number of benzene rings is 1. The summed E-state index contributed by atoms with van der Waals surface area (Å²) in [6.45, 7) is 0. The van der Waals surface area contributed by atoms with E-state index in [0.29, 0.717) is 5.56 Å². The lowest BCUT2D eigenvalue weighted by Crippen LogP contribution is -2.12. The third-order valence-electron chi connectivity index (χ3n) is 1.62. The Balaban J connectivity index is 3.24. The van der Waals surface area contributed by atoms with E-state index in [-0.39, 0.29) is 5.56 Å². The van der Waals surface area contributed by atoms with Crippen molar-refractivity contribution < 1.29 is 9.18 Å². The fourth-order valence-electron chi connectivity index (χ4n) is 1.02. The number of hydrogen-bond donors (Lipinski definition) is 1. The fourth-order valence-corrected chi connectivity index (χ4v) is 1.02. The number of rotatable bonds is 2. The second kappa shape index (κ2) is 4.19. The Hall–Kier alpha value is -2.15. The summed E-state index contributed by atoms with van der Waals surface area (Å²) < 4.78 is 12.8. The van der Waals surface area contributed by atoms with E-state index in [9.17, 15) is 9.18 Å². The minimum absolute atomic E-state index is 0.193. The molecule has 1 aromatic carbocycles. The Morgan fingerprint density at radius 2 is 2.29 bits per heavy atom. The number of halogens is 1. The standard InChI is InChI=1S/C10H7FN2O/c11-8-3-4-9(10(13)14)7(6-8)2-1-5-12/h1-4,6H,(H2,13,14). The van der Waals surface area contributed by atoms with Crippen LogP contribution in [0.15, 0.2) is 24.3 Å². The SMILES string of the molecule is N#CC=Cc1cc(F)ccc1C(N)=O. The van der Waals surface area contributed by atoms with E-state index in [2.05, 4.69) is 0 Å². The van der Waals surface area contributed by atoms with Gasteiger partial charge in [-0.25, -0.2) is 4.39 Å². The zero-order chi connectivity index (χ0) is 10.6. The minimum Gasteiger partial charge on any atom is -0.366 e. The molecule has 1 amide bonds. The van der Waals surface area contributed by atoms with E-state index in [0.717, 1.165) is 18.2 Å². The molecule has 70 valence electrons. The van der Waals surface area contributed by atoms with Crippen molar-refractivity contribution in [3.05, 3.63) is 41.2 Å². The molecular formula is C10H7FN2O. The molecule has 1 rings (SSSR count). The van der Waals surface area contributed by atoms with Crippen LogP contribution in [0, 0.1) is 17.1 Å². The normalized spacial score (nSPS) is 10.0. The summed E-state index contributed by atoms with van der Waals surface area (Å²) in [5.41, 5.74) is 5.56. The van der Waals surface area contributed by atoms with Gasteiger partial charge in [-0.05, 0) is 29.8 Å². The van der Waals surface area contributed by atoms with Crippen LogP contribution >= 0.6 is 0 Å². The Labute approximate surface area is 80.3 Å². The lowest BCUT2D eigenvalue weighted by molar-refractivity contribution is 0.1000. The van der Waals surface area contributed by atoms with Crippen molar-refractivity contribution >= 4 is 12.0 Å². The molecule has 14 heavy (non-hydrogen) atoms. The number of carbonyl (C=O) groups excluding carboxylic acids is 1. The molecule has 2 N–H and O–H groups in total. The van der Waals surface area contributed by atoms with Crippen molar-refractivity contribution in [1.82, 2.24) is 0 Å². The van der Waals surface area contributed by atoms with Crippen LogP contribution in [-0.4, -0.2) is 5.91 Å². The first-order valence-electron chi connectivity index (χ1n) is 3.80. The largest absolute Gasteiger partial charge is 0.366 e. The minimum atomic E-state index is -0.650. The summed E-state index contributed by atoms with van der Waals surface area (Å²) in [6, 6.07) is 5.32. The van der Waals surface area contributed by atoms with Crippen molar-refractivity contribution in [1.29, 1.82) is 5.26 Å². The molecule has 0 radical (unpaired) electrons. The Bertz CT molecular complexity index is 432. The summed E-state index contributed by atoms with van der Waals surface area (Å²) in [6.07, 6.45) is 2.49. The molecule has 0 aliphatic heterocycles. The lowest BCUT2D eigenvalue weighted by atomic mass is 10.1. The van der Waals surface area contributed by atoms with Crippen LogP contribution in [-0.2, 0) is 0 Å². The topological polar surface area (TPSA) is 66.9 Å². The number of nitrogens with zero attached hydrogens (tertiary/aromatic N) is 1. The molecule has 0 unspecified atom stereocenters. The van der Waals surface area contributed by atoms with Gasteiger partial charge < -0.3 is 5.73 Å². The second-order valence-electron chi connectivity index (χ2n) is 2.56. The lowest BCUT2D eigenvalue weighted by Gasteiger charge is -2.00. The van der Waals surface area contributed by atoms with Crippen LogP contribution in [0.1, 0.15) is 15.9 Å². The zero-order valence-electron chi connectivity index (χ0n) is 7.20. The first-order chi connectivity index (χ1) is 6.65. The molecule has 3 nitrogen and oxygen atoms in total. The molecule has 0 aromatic heterocycles. The third kappa shape index (κ3) is 2.17. The summed E-state index contributed by atoms with van der Waals surface area (Å²) >= 11 is 0. The average molecular weight is 190 g/mol. The maximum atomic E-state index is 12.8. The van der Waals surface area contributed by atoms with Gasteiger partial charge in [-0.2, -0.15) is 5.26 Å². The van der Waals surface area contributed by atoms with Crippen LogP contribution < -0.4 is 5.73 Å². The van der Waals surface area contributed by atoms with Crippen LogP contribution in [0.2, 0.25) is 0 Å². The third-order valence-corrected chi connectivity index (χ3v) is 1.62. The van der Waals surface area contributed by atoms with Crippen LogP contribution in [0.5, 0.6) is 0 Å². The second-order valence-corrected chi connectivity index (χ2v) is 2.56. The molecule has 1 aromatic rings. The smallest absolute Gasteiger partial charge is 0.249 e. The Morgan fingerprint density at radius 1 is 1.57 bits per heavy atom. The highest BCUT2D eigenvalue weighted by atomic mass is 19.1. The molecule has 0 saturated heterocycles. The van der Waals surface area contributed by atoms with Gasteiger partial charge in [0, 0.05) is 11.6 Å². The number of amides is 1. The van der Waals surface area contributed by atoms with Gasteiger partial charge in [-0.1, -0.05) is 0 Å². The molecule has 0 bridgehead atoms. The molecule has 4 heteroatoms. The number of carbonyl (C=O) groups is 1. The van der Waals surface area contributed by atoms with Crippen LogP contribution in [0.25, 0.3) is 6.08 Å². The average Bonchev–Trinajstić information content (AvgIpc) is 2.14. The van der Waals surface area contributed by atoms with Gasteiger partial charge in [-0.3, -0.25) is 4.79 Å². The van der Waals surface area contributed by atoms with E-state index >= 15 is 0 Å². The van der Waals surface area contributed by atoms with Gasteiger partial charge in [0.05, 0.1) is 6.07 Å². The highest BCUT2D eigenvalue weighted by Crippen LogP contribution is 2.12. The quantitative estimate of drug-likeness (QED) is 0.717. The first-order valence-corrected chi connectivity index (χ1v) is 3.80. The monoisotopic (exact) mass is 190 g/mol. The summed E-state index contributed by atoms with van der Waals surface area (Å²) in [7, 11) is 0. The highest BCUT2D eigenvalue weighted by molar-refractivity contribution is 5.96. The van der Waals surface area contributed by atoms with Crippen molar-refractivity contribution in [3.8, 4) is 6.07 Å². The summed E-state index contributed by atoms with van der Waals surface area (Å²) in [5.74, 6) is -1.13. The van der Waals surface area contributed by atoms with E-state index in [4.69, 9.17) is 11.0 Å².